The van der Waals surface area contributed by atoms with E-state index in [1.165, 1.54) is 21.0 Å². The third-order valence-corrected chi connectivity index (χ3v) is 2.92. The van der Waals surface area contributed by atoms with E-state index in [0.717, 1.165) is 12.1 Å². The Labute approximate surface area is 103 Å². The number of carbonyl (C=O) groups is 1. The Balaban J connectivity index is 3.23. The van der Waals surface area contributed by atoms with Gasteiger partial charge in [-0.25, -0.2) is 4.39 Å². The minimum atomic E-state index is -1.39. The van der Waals surface area contributed by atoms with Gasteiger partial charge in [-0.2, -0.15) is 4.39 Å². The van der Waals surface area contributed by atoms with Crippen molar-refractivity contribution in [2.75, 3.05) is 7.11 Å². The van der Waals surface area contributed by atoms with Gasteiger partial charge >= 0.3 is 5.97 Å². The molecule has 0 aliphatic rings. The molecule has 0 aliphatic carbocycles. The molecular formula is C12H15F2NO3. The van der Waals surface area contributed by atoms with Crippen LogP contribution < -0.4 is 5.73 Å². The molecule has 0 aliphatic heterocycles. The molecule has 0 fully saturated rings. The van der Waals surface area contributed by atoms with Crippen molar-refractivity contribution < 1.29 is 23.4 Å². The number of nitrogens with two attached hydrogens (primary N) is 1. The summed E-state index contributed by atoms with van der Waals surface area (Å²) in [6, 6.07) is 0.959. The van der Waals surface area contributed by atoms with Gasteiger partial charge in [0.1, 0.15) is 0 Å². The number of hydrogen-bond donors (Lipinski definition) is 2. The first-order valence-electron chi connectivity index (χ1n) is 5.24. The number of ether oxygens (including phenoxy) is 1. The average Bonchev–Trinajstić information content (AvgIpc) is 2.34. The standard InChI is InChI=1S/C12H15F2NO3/c1-12(2,11(17)18-3)10(15)6-4-5-7(13)8(14)9(6)16/h4-5,10,16H,15H2,1-3H3/t10-/m0/s1. The lowest BCUT2D eigenvalue weighted by Gasteiger charge is -2.29. The first-order chi connectivity index (χ1) is 8.23. The van der Waals surface area contributed by atoms with Gasteiger partial charge in [0.05, 0.1) is 12.5 Å². The van der Waals surface area contributed by atoms with Gasteiger partial charge < -0.3 is 15.6 Å². The highest BCUT2D eigenvalue weighted by Gasteiger charge is 2.38. The number of rotatable bonds is 3. The van der Waals surface area contributed by atoms with Crippen LogP contribution in [-0.2, 0) is 9.53 Å². The Morgan fingerprint density at radius 1 is 1.44 bits per heavy atom. The molecule has 4 nitrogen and oxygen atoms in total. The van der Waals surface area contributed by atoms with Gasteiger partial charge in [-0.1, -0.05) is 6.07 Å². The summed E-state index contributed by atoms with van der Waals surface area (Å²) in [5.41, 5.74) is 4.58. The maximum atomic E-state index is 13.2. The van der Waals surface area contributed by atoms with E-state index in [2.05, 4.69) is 4.74 Å². The van der Waals surface area contributed by atoms with Crippen molar-refractivity contribution in [3.05, 3.63) is 29.3 Å². The number of phenols is 1. The molecule has 1 atom stereocenters. The highest BCUT2D eigenvalue weighted by Crippen LogP contribution is 2.38. The van der Waals surface area contributed by atoms with Crippen LogP contribution in [0.25, 0.3) is 0 Å². The predicted octanol–water partition coefficient (Wildman–Crippen LogP) is 1.87. The quantitative estimate of drug-likeness (QED) is 0.813. The van der Waals surface area contributed by atoms with Gasteiger partial charge in [-0.15, -0.1) is 0 Å². The van der Waals surface area contributed by atoms with Gasteiger partial charge in [0.15, 0.2) is 11.6 Å². The molecule has 1 rings (SSSR count). The second-order valence-electron chi connectivity index (χ2n) is 4.49. The molecule has 100 valence electrons. The van der Waals surface area contributed by atoms with Crippen LogP contribution in [-0.4, -0.2) is 18.2 Å². The number of methoxy groups -OCH3 is 1. The van der Waals surface area contributed by atoms with Gasteiger partial charge in [-0.05, 0) is 19.9 Å². The number of halogens is 2. The molecular weight excluding hydrogens is 244 g/mol. The summed E-state index contributed by atoms with van der Waals surface area (Å²) < 4.78 is 30.7. The summed E-state index contributed by atoms with van der Waals surface area (Å²) in [5, 5.41) is 9.52. The number of aromatic hydroxyl groups is 1. The Morgan fingerprint density at radius 3 is 2.50 bits per heavy atom. The van der Waals surface area contributed by atoms with E-state index in [0.29, 0.717) is 0 Å². The molecule has 18 heavy (non-hydrogen) atoms. The number of esters is 1. The van der Waals surface area contributed by atoms with Crippen molar-refractivity contribution >= 4 is 5.97 Å². The van der Waals surface area contributed by atoms with Crippen molar-refractivity contribution in [2.45, 2.75) is 19.9 Å². The molecule has 1 aromatic carbocycles. The monoisotopic (exact) mass is 259 g/mol. The molecule has 0 radical (unpaired) electrons. The van der Waals surface area contributed by atoms with Crippen molar-refractivity contribution in [3.63, 3.8) is 0 Å². The number of carbonyl (C=O) groups excluding carboxylic acids is 1. The van der Waals surface area contributed by atoms with Gasteiger partial charge in [-0.3, -0.25) is 4.79 Å². The van der Waals surface area contributed by atoms with Gasteiger partial charge in [0, 0.05) is 11.6 Å². The molecule has 0 heterocycles. The van der Waals surface area contributed by atoms with E-state index in [9.17, 15) is 18.7 Å². The zero-order valence-corrected chi connectivity index (χ0v) is 10.3. The summed E-state index contributed by atoms with van der Waals surface area (Å²) >= 11 is 0. The SMILES string of the molecule is COC(=O)C(C)(C)[C@@H](N)c1ccc(F)c(F)c1O. The van der Waals surface area contributed by atoms with Crippen molar-refractivity contribution in [3.8, 4) is 5.75 Å². The molecule has 0 bridgehead atoms. The fraction of sp³-hybridized carbons (Fsp3) is 0.417. The molecule has 0 saturated heterocycles. The van der Waals surface area contributed by atoms with Gasteiger partial charge in [0.2, 0.25) is 5.82 Å². The third kappa shape index (κ3) is 2.28. The molecule has 0 unspecified atom stereocenters. The Kier molecular flexibility index (Phi) is 3.91. The van der Waals surface area contributed by atoms with Crippen LogP contribution in [0.2, 0.25) is 0 Å². The number of benzene rings is 1. The highest BCUT2D eigenvalue weighted by atomic mass is 19.2. The second-order valence-corrected chi connectivity index (χ2v) is 4.49. The lowest BCUT2D eigenvalue weighted by atomic mass is 9.80. The lowest BCUT2D eigenvalue weighted by Crippen LogP contribution is -2.37. The summed E-state index contributed by atoms with van der Waals surface area (Å²) in [5.74, 6) is -4.07. The van der Waals surface area contributed by atoms with Crippen LogP contribution in [0.4, 0.5) is 8.78 Å². The summed E-state index contributed by atoms with van der Waals surface area (Å²) in [7, 11) is 1.20. The van der Waals surface area contributed by atoms with Crippen LogP contribution in [0, 0.1) is 17.0 Å². The van der Waals surface area contributed by atoms with E-state index < -0.39 is 34.8 Å². The average molecular weight is 259 g/mol. The third-order valence-electron chi connectivity index (χ3n) is 2.92. The Hall–Kier alpha value is -1.69. The van der Waals surface area contributed by atoms with E-state index in [1.54, 1.807) is 0 Å². The minimum Gasteiger partial charge on any atom is -0.505 e. The fourth-order valence-corrected chi connectivity index (χ4v) is 1.58. The lowest BCUT2D eigenvalue weighted by molar-refractivity contribution is -0.152. The Morgan fingerprint density at radius 2 is 2.00 bits per heavy atom. The first-order valence-corrected chi connectivity index (χ1v) is 5.24. The van der Waals surface area contributed by atoms with Crippen molar-refractivity contribution in [1.82, 2.24) is 0 Å². The van der Waals surface area contributed by atoms with Crippen molar-refractivity contribution in [2.24, 2.45) is 11.1 Å². The fourth-order valence-electron chi connectivity index (χ4n) is 1.58. The summed E-state index contributed by atoms with van der Waals surface area (Å²) in [6.07, 6.45) is 0. The highest BCUT2D eigenvalue weighted by molar-refractivity contribution is 5.77. The van der Waals surface area contributed by atoms with Gasteiger partial charge in [0.25, 0.3) is 0 Å². The number of phenolic OH excluding ortho intramolecular Hbond substituents is 1. The van der Waals surface area contributed by atoms with E-state index in [1.807, 2.05) is 0 Å². The van der Waals surface area contributed by atoms with E-state index >= 15 is 0 Å². The second kappa shape index (κ2) is 4.89. The van der Waals surface area contributed by atoms with Crippen LogP contribution in [0.5, 0.6) is 5.75 Å². The summed E-state index contributed by atoms with van der Waals surface area (Å²) in [6.45, 7) is 2.98. The maximum Gasteiger partial charge on any atom is 0.313 e. The Bertz CT molecular complexity index is 475. The summed E-state index contributed by atoms with van der Waals surface area (Å²) in [4.78, 5) is 11.6. The molecule has 6 heteroatoms. The van der Waals surface area contributed by atoms with Crippen LogP contribution >= 0.6 is 0 Å². The number of hydrogen-bond acceptors (Lipinski definition) is 4. The molecule has 3 N–H and O–H groups in total. The molecule has 0 saturated carbocycles. The molecule has 1 aromatic rings. The normalized spacial score (nSPS) is 13.2. The topological polar surface area (TPSA) is 72.5 Å². The minimum absolute atomic E-state index is 0.0516. The zero-order chi connectivity index (χ0) is 14.1. The predicted molar refractivity (Wildman–Crippen MR) is 60.7 cm³/mol. The van der Waals surface area contributed by atoms with Crippen LogP contribution in [0.15, 0.2) is 12.1 Å². The van der Waals surface area contributed by atoms with E-state index in [4.69, 9.17) is 5.73 Å². The smallest absolute Gasteiger partial charge is 0.313 e. The van der Waals surface area contributed by atoms with Crippen LogP contribution in [0.3, 0.4) is 0 Å². The van der Waals surface area contributed by atoms with Crippen molar-refractivity contribution in [1.29, 1.82) is 0 Å². The van der Waals surface area contributed by atoms with E-state index in [-0.39, 0.29) is 5.56 Å². The maximum absolute atomic E-state index is 13.2. The largest absolute Gasteiger partial charge is 0.505 e. The first kappa shape index (κ1) is 14.4. The molecule has 0 amide bonds. The zero-order valence-electron chi connectivity index (χ0n) is 10.3. The molecule has 0 aromatic heterocycles. The molecule has 0 spiro atoms. The van der Waals surface area contributed by atoms with Crippen LogP contribution in [0.1, 0.15) is 25.5 Å².